The fourth-order valence-electron chi connectivity index (χ4n) is 2.83. The number of nitrogens with one attached hydrogen (secondary N) is 1. The van der Waals surface area contributed by atoms with E-state index in [4.69, 9.17) is 4.74 Å². The number of carbonyl (C=O) groups excluding carboxylic acids is 1. The largest absolute Gasteiger partial charge is 0.494 e. The highest BCUT2D eigenvalue weighted by molar-refractivity contribution is 9.10. The van der Waals surface area contributed by atoms with Crippen LogP contribution in [-0.2, 0) is 11.3 Å². The second kappa shape index (κ2) is 10.0. The van der Waals surface area contributed by atoms with E-state index in [2.05, 4.69) is 26.3 Å². The Morgan fingerprint density at radius 2 is 1.93 bits per heavy atom. The number of anilines is 1. The molecule has 150 valence electrons. The first-order valence-electron chi connectivity index (χ1n) is 9.42. The maximum absolute atomic E-state index is 12.1. The van der Waals surface area contributed by atoms with Crippen molar-refractivity contribution in [2.45, 2.75) is 26.3 Å². The Kier molecular flexibility index (Phi) is 7.19. The minimum Gasteiger partial charge on any atom is -0.494 e. The van der Waals surface area contributed by atoms with Crippen molar-refractivity contribution in [2.75, 3.05) is 11.9 Å². The average Bonchev–Trinajstić information content (AvgIpc) is 2.70. The molecule has 1 heterocycles. The smallest absolute Gasteiger partial charge is 0.266 e. The van der Waals surface area contributed by atoms with Crippen molar-refractivity contribution in [3.63, 3.8) is 0 Å². The molecule has 0 bridgehead atoms. The van der Waals surface area contributed by atoms with Gasteiger partial charge in [0, 0.05) is 34.8 Å². The van der Waals surface area contributed by atoms with Gasteiger partial charge >= 0.3 is 0 Å². The Hall–Kier alpha value is -2.93. The molecule has 0 saturated heterocycles. The molecule has 0 saturated carbocycles. The fourth-order valence-corrected chi connectivity index (χ4v) is 3.23. The van der Waals surface area contributed by atoms with E-state index in [1.54, 1.807) is 6.07 Å². The summed E-state index contributed by atoms with van der Waals surface area (Å²) in [4.78, 5) is 24.2. The van der Waals surface area contributed by atoms with Crippen LogP contribution >= 0.6 is 15.9 Å². The Balaban J connectivity index is 1.60. The van der Waals surface area contributed by atoms with Gasteiger partial charge in [-0.15, -0.1) is 0 Å². The van der Waals surface area contributed by atoms with Crippen molar-refractivity contribution < 1.29 is 9.53 Å². The molecule has 6 nitrogen and oxygen atoms in total. The van der Waals surface area contributed by atoms with Crippen LogP contribution in [0.15, 0.2) is 69.9 Å². The number of hydrogen-bond donors (Lipinski definition) is 1. The van der Waals surface area contributed by atoms with Crippen molar-refractivity contribution in [1.29, 1.82) is 0 Å². The van der Waals surface area contributed by atoms with E-state index in [0.717, 1.165) is 21.5 Å². The molecule has 0 radical (unpaired) electrons. The minimum atomic E-state index is -0.188. The van der Waals surface area contributed by atoms with Crippen LogP contribution < -0.4 is 15.6 Å². The van der Waals surface area contributed by atoms with E-state index in [9.17, 15) is 9.59 Å². The molecule has 3 aromatic rings. The highest BCUT2D eigenvalue weighted by atomic mass is 79.9. The Morgan fingerprint density at radius 3 is 2.66 bits per heavy atom. The van der Waals surface area contributed by atoms with Crippen molar-refractivity contribution >= 4 is 27.5 Å². The van der Waals surface area contributed by atoms with E-state index in [-0.39, 0.29) is 11.5 Å². The van der Waals surface area contributed by atoms with Crippen molar-refractivity contribution in [3.8, 4) is 17.0 Å². The molecule has 3 rings (SSSR count). The number of carbonyl (C=O) groups is 1. The van der Waals surface area contributed by atoms with Gasteiger partial charge in [-0.3, -0.25) is 9.59 Å². The number of rotatable bonds is 8. The predicted molar refractivity (Wildman–Crippen MR) is 117 cm³/mol. The number of ether oxygens (including phenoxy) is 1. The van der Waals surface area contributed by atoms with Crippen LogP contribution in [0, 0.1) is 0 Å². The molecular weight excluding hydrogens is 434 g/mol. The van der Waals surface area contributed by atoms with Crippen LogP contribution in [-0.4, -0.2) is 22.3 Å². The first-order valence-corrected chi connectivity index (χ1v) is 10.2. The summed E-state index contributed by atoms with van der Waals surface area (Å²) in [7, 11) is 0. The highest BCUT2D eigenvalue weighted by Gasteiger charge is 2.07. The van der Waals surface area contributed by atoms with Crippen LogP contribution in [0.1, 0.15) is 19.8 Å². The van der Waals surface area contributed by atoms with Crippen molar-refractivity contribution in [1.82, 2.24) is 9.78 Å². The van der Waals surface area contributed by atoms with Crippen LogP contribution in [0.5, 0.6) is 5.75 Å². The highest BCUT2D eigenvalue weighted by Crippen LogP contribution is 2.20. The fraction of sp³-hybridized carbons (Fsp3) is 0.227. The Labute approximate surface area is 177 Å². The summed E-state index contributed by atoms with van der Waals surface area (Å²) < 4.78 is 7.75. The Bertz CT molecular complexity index is 1030. The predicted octanol–water partition coefficient (Wildman–Crippen LogP) is 4.49. The van der Waals surface area contributed by atoms with Crippen LogP contribution in [0.4, 0.5) is 5.69 Å². The zero-order valence-electron chi connectivity index (χ0n) is 16.1. The summed E-state index contributed by atoms with van der Waals surface area (Å²) in [6.07, 6.45) is 0.813. The number of benzene rings is 2. The first-order chi connectivity index (χ1) is 14.0. The summed E-state index contributed by atoms with van der Waals surface area (Å²) in [5, 5.41) is 7.28. The molecule has 0 aliphatic heterocycles. The molecule has 7 heteroatoms. The van der Waals surface area contributed by atoms with E-state index >= 15 is 0 Å². The third-order valence-electron chi connectivity index (χ3n) is 4.21. The summed E-state index contributed by atoms with van der Waals surface area (Å²) in [6, 6.07) is 18.2. The van der Waals surface area contributed by atoms with E-state index in [1.165, 1.54) is 10.7 Å². The molecule has 0 atom stereocenters. The molecule has 1 aromatic heterocycles. The first kappa shape index (κ1) is 20.8. The number of aryl methyl sites for hydroxylation is 1. The summed E-state index contributed by atoms with van der Waals surface area (Å²) in [6.45, 7) is 2.91. The summed E-state index contributed by atoms with van der Waals surface area (Å²) in [5.74, 6) is 0.694. The third-order valence-corrected chi connectivity index (χ3v) is 4.70. The standard InChI is InChI=1S/C22H22BrN3O3/c1-2-29-19-10-8-16(9-11-19)20-12-13-22(28)26(25-20)14-4-7-21(27)24-18-6-3-5-17(23)15-18/h3,5-6,8-13,15H,2,4,7,14H2,1H3,(H,24,27). The van der Waals surface area contributed by atoms with Gasteiger partial charge in [0.15, 0.2) is 0 Å². The van der Waals surface area contributed by atoms with E-state index < -0.39 is 0 Å². The van der Waals surface area contributed by atoms with Crippen molar-refractivity contribution in [3.05, 3.63) is 75.5 Å². The SMILES string of the molecule is CCOc1ccc(-c2ccc(=O)n(CCCC(=O)Nc3cccc(Br)c3)n2)cc1. The van der Waals surface area contributed by atoms with E-state index in [1.807, 2.05) is 55.5 Å². The number of hydrogen-bond acceptors (Lipinski definition) is 4. The molecule has 0 aliphatic rings. The average molecular weight is 456 g/mol. The molecule has 0 unspecified atom stereocenters. The second-order valence-electron chi connectivity index (χ2n) is 6.40. The molecule has 0 spiro atoms. The van der Waals surface area contributed by atoms with Gasteiger partial charge < -0.3 is 10.1 Å². The van der Waals surface area contributed by atoms with Gasteiger partial charge in [-0.2, -0.15) is 5.10 Å². The van der Waals surface area contributed by atoms with Crippen LogP contribution in [0.25, 0.3) is 11.3 Å². The molecule has 0 aliphatic carbocycles. The topological polar surface area (TPSA) is 73.2 Å². The van der Waals surface area contributed by atoms with Gasteiger partial charge in [0.05, 0.1) is 12.3 Å². The van der Waals surface area contributed by atoms with Gasteiger partial charge in [-0.1, -0.05) is 22.0 Å². The third kappa shape index (κ3) is 6.02. The summed E-state index contributed by atoms with van der Waals surface area (Å²) in [5.41, 5.74) is 2.14. The zero-order chi connectivity index (χ0) is 20.6. The normalized spacial score (nSPS) is 10.6. The number of aromatic nitrogens is 2. The minimum absolute atomic E-state index is 0.0983. The second-order valence-corrected chi connectivity index (χ2v) is 7.32. The lowest BCUT2D eigenvalue weighted by atomic mass is 10.1. The summed E-state index contributed by atoms with van der Waals surface area (Å²) >= 11 is 3.38. The van der Waals surface area contributed by atoms with Gasteiger partial charge in [-0.05, 0) is 61.9 Å². The zero-order valence-corrected chi connectivity index (χ0v) is 17.7. The van der Waals surface area contributed by atoms with Crippen LogP contribution in [0.3, 0.4) is 0 Å². The van der Waals surface area contributed by atoms with Gasteiger partial charge in [0.1, 0.15) is 5.75 Å². The van der Waals surface area contributed by atoms with Gasteiger partial charge in [-0.25, -0.2) is 4.68 Å². The monoisotopic (exact) mass is 455 g/mol. The van der Waals surface area contributed by atoms with E-state index in [0.29, 0.717) is 31.7 Å². The molecular formula is C22H22BrN3O3. The lowest BCUT2D eigenvalue weighted by Crippen LogP contribution is -2.23. The molecule has 2 aromatic carbocycles. The van der Waals surface area contributed by atoms with Gasteiger partial charge in [0.2, 0.25) is 5.91 Å². The molecule has 1 N–H and O–H groups in total. The molecule has 1 amide bonds. The maximum Gasteiger partial charge on any atom is 0.266 e. The quantitative estimate of drug-likeness (QED) is 0.542. The van der Waals surface area contributed by atoms with Crippen LogP contribution in [0.2, 0.25) is 0 Å². The van der Waals surface area contributed by atoms with Crippen molar-refractivity contribution in [2.24, 2.45) is 0 Å². The lowest BCUT2D eigenvalue weighted by Gasteiger charge is -2.09. The Morgan fingerprint density at radius 1 is 1.14 bits per heavy atom. The van der Waals surface area contributed by atoms with Gasteiger partial charge in [0.25, 0.3) is 5.56 Å². The molecule has 0 fully saturated rings. The lowest BCUT2D eigenvalue weighted by molar-refractivity contribution is -0.116. The number of nitrogens with zero attached hydrogens (tertiary/aromatic N) is 2. The molecule has 29 heavy (non-hydrogen) atoms. The maximum atomic E-state index is 12.1. The number of amides is 1. The number of halogens is 1.